The number of carbonyl (C=O) groups is 1. The molecule has 7 nitrogen and oxygen atoms in total. The second-order valence-corrected chi connectivity index (χ2v) is 8.91. The van der Waals surface area contributed by atoms with Gasteiger partial charge in [0.2, 0.25) is 0 Å². The number of amides is 1. The highest BCUT2D eigenvalue weighted by Crippen LogP contribution is 2.20. The van der Waals surface area contributed by atoms with Crippen molar-refractivity contribution in [2.75, 3.05) is 24.1 Å². The highest BCUT2D eigenvalue weighted by Gasteiger charge is 2.23. The number of aromatic amines is 1. The van der Waals surface area contributed by atoms with Crippen LogP contribution in [-0.2, 0) is 0 Å². The predicted molar refractivity (Wildman–Crippen MR) is 126 cm³/mol. The monoisotopic (exact) mass is 537 g/mol. The van der Waals surface area contributed by atoms with Crippen molar-refractivity contribution < 1.29 is 9.18 Å². The van der Waals surface area contributed by atoms with Crippen molar-refractivity contribution in [1.29, 1.82) is 0 Å². The second kappa shape index (κ2) is 9.47. The number of likely N-dealkylation sites (tertiary alicyclic amines) is 1. The Hall–Kier alpha value is -2.27. The third kappa shape index (κ3) is 4.82. The Morgan fingerprint density at radius 2 is 2.03 bits per heavy atom. The lowest BCUT2D eigenvalue weighted by atomic mass is 9.96. The number of H-pyrrole nitrogens is 1. The topological polar surface area (TPSA) is 82.5 Å². The Morgan fingerprint density at radius 3 is 2.71 bits per heavy atom. The highest BCUT2D eigenvalue weighted by molar-refractivity contribution is 14.1. The van der Waals surface area contributed by atoms with Crippen LogP contribution in [0.2, 0.25) is 0 Å². The van der Waals surface area contributed by atoms with Gasteiger partial charge in [0.25, 0.3) is 11.5 Å². The molecule has 164 valence electrons. The molecule has 4 rings (SSSR count). The van der Waals surface area contributed by atoms with E-state index in [9.17, 15) is 14.0 Å². The van der Waals surface area contributed by atoms with E-state index >= 15 is 0 Å². The van der Waals surface area contributed by atoms with Gasteiger partial charge < -0.3 is 5.32 Å². The summed E-state index contributed by atoms with van der Waals surface area (Å²) in [5.41, 5.74) is 1.25. The van der Waals surface area contributed by atoms with Gasteiger partial charge in [-0.15, -0.1) is 0 Å². The smallest absolute Gasteiger partial charge is 0.273 e. The first-order valence-electron chi connectivity index (χ1n) is 10.4. The maximum Gasteiger partial charge on any atom is 0.273 e. The summed E-state index contributed by atoms with van der Waals surface area (Å²) in [4.78, 5) is 32.3. The van der Waals surface area contributed by atoms with Crippen molar-refractivity contribution in [3.63, 3.8) is 0 Å². The molecular formula is C22H25FIN5O2. The lowest BCUT2D eigenvalue weighted by Gasteiger charge is -2.35. The molecule has 9 heteroatoms. The number of piperidine rings is 1. The van der Waals surface area contributed by atoms with E-state index in [0.29, 0.717) is 35.3 Å². The van der Waals surface area contributed by atoms with Crippen molar-refractivity contribution in [2.45, 2.75) is 25.8 Å². The van der Waals surface area contributed by atoms with Crippen molar-refractivity contribution in [1.82, 2.24) is 24.8 Å². The van der Waals surface area contributed by atoms with Crippen LogP contribution < -0.4 is 10.9 Å². The first-order valence-corrected chi connectivity index (χ1v) is 11.9. The van der Waals surface area contributed by atoms with Crippen molar-refractivity contribution >= 4 is 34.1 Å². The third-order valence-corrected chi connectivity index (χ3v) is 7.20. The molecule has 1 aromatic carbocycles. The molecule has 1 fully saturated rings. The van der Waals surface area contributed by atoms with Crippen LogP contribution >= 0.6 is 22.6 Å². The molecule has 1 aliphatic rings. The minimum absolute atomic E-state index is 0.259. The van der Waals surface area contributed by atoms with Gasteiger partial charge >= 0.3 is 0 Å². The number of rotatable bonds is 6. The van der Waals surface area contributed by atoms with Gasteiger partial charge in [-0.25, -0.2) is 13.9 Å². The Bertz CT molecular complexity index is 1120. The van der Waals surface area contributed by atoms with Crippen LogP contribution in [0.4, 0.5) is 4.39 Å². The van der Waals surface area contributed by atoms with Crippen LogP contribution in [0.3, 0.4) is 0 Å². The molecule has 3 aromatic rings. The van der Waals surface area contributed by atoms with E-state index in [4.69, 9.17) is 0 Å². The number of aromatic nitrogens is 3. The number of halogens is 2. The summed E-state index contributed by atoms with van der Waals surface area (Å²) in [6, 6.07) is 7.70. The Kier molecular flexibility index (Phi) is 6.71. The molecule has 0 saturated carbocycles. The minimum atomic E-state index is -0.363. The van der Waals surface area contributed by atoms with Gasteiger partial charge in [-0.2, -0.15) is 0 Å². The molecule has 3 heterocycles. The van der Waals surface area contributed by atoms with Gasteiger partial charge in [0.1, 0.15) is 11.4 Å². The summed E-state index contributed by atoms with van der Waals surface area (Å²) in [5, 5.41) is 5.81. The molecule has 1 saturated heterocycles. The van der Waals surface area contributed by atoms with E-state index in [-0.39, 0.29) is 22.9 Å². The van der Waals surface area contributed by atoms with E-state index in [0.717, 1.165) is 30.4 Å². The number of nitrogens with zero attached hydrogens (tertiary/aromatic N) is 3. The lowest BCUT2D eigenvalue weighted by Crippen LogP contribution is -2.43. The van der Waals surface area contributed by atoms with Gasteiger partial charge in [-0.3, -0.25) is 19.6 Å². The van der Waals surface area contributed by atoms with Crippen LogP contribution in [-0.4, -0.2) is 55.5 Å². The molecule has 2 N–H and O–H groups in total. The van der Waals surface area contributed by atoms with Crippen LogP contribution in [0.5, 0.6) is 0 Å². The van der Waals surface area contributed by atoms with Crippen molar-refractivity contribution in [2.24, 2.45) is 5.92 Å². The normalized spacial score (nSPS) is 16.5. The molecule has 1 atom stereocenters. The van der Waals surface area contributed by atoms with Crippen LogP contribution in [0.1, 0.15) is 30.1 Å². The van der Waals surface area contributed by atoms with E-state index in [1.807, 2.05) is 0 Å². The quantitative estimate of drug-likeness (QED) is 0.374. The average molecular weight is 537 g/mol. The molecule has 1 unspecified atom stereocenters. The summed E-state index contributed by atoms with van der Waals surface area (Å²) in [5.74, 6) is -0.180. The van der Waals surface area contributed by atoms with Gasteiger partial charge in [-0.05, 0) is 63.0 Å². The number of alkyl halides is 1. The Balaban J connectivity index is 1.47. The molecule has 0 spiro atoms. The maximum absolute atomic E-state index is 13.2. The lowest BCUT2D eigenvalue weighted by molar-refractivity contribution is 0.0932. The van der Waals surface area contributed by atoms with Crippen LogP contribution in [0.15, 0.2) is 41.3 Å². The first-order chi connectivity index (χ1) is 15.0. The van der Waals surface area contributed by atoms with E-state index in [2.05, 4.69) is 49.8 Å². The molecule has 31 heavy (non-hydrogen) atoms. The summed E-state index contributed by atoms with van der Waals surface area (Å²) in [6.45, 7) is 4.96. The zero-order valence-electron chi connectivity index (χ0n) is 17.3. The SMILES string of the molecule is CC(CI)N1CCC(CNC(=O)c2c[nH]n3c(=O)cc(-c4ccc(F)cc4)nc23)CC1. The van der Waals surface area contributed by atoms with E-state index in [1.165, 1.54) is 28.9 Å². The number of carbonyl (C=O) groups excluding carboxylic acids is 1. The standard InChI is InChI=1S/C22H25FIN5O2/c1-14(11-24)28-8-6-15(7-9-28)12-25-22(31)18-13-26-29-20(30)10-19(27-21(18)29)16-2-4-17(23)5-3-16/h2-5,10,13-15,26H,6-9,11-12H2,1H3,(H,25,31). The van der Waals surface area contributed by atoms with Gasteiger partial charge in [0, 0.05) is 34.8 Å². The number of hydrogen-bond donors (Lipinski definition) is 2. The fraction of sp³-hybridized carbons (Fsp3) is 0.409. The first kappa shape index (κ1) is 21.9. The zero-order valence-corrected chi connectivity index (χ0v) is 19.4. The Morgan fingerprint density at radius 1 is 1.32 bits per heavy atom. The third-order valence-electron chi connectivity index (χ3n) is 5.93. The number of nitrogens with one attached hydrogen (secondary N) is 2. The molecule has 1 amide bonds. The maximum atomic E-state index is 13.2. The van der Waals surface area contributed by atoms with Crippen molar-refractivity contribution in [3.05, 3.63) is 58.3 Å². The van der Waals surface area contributed by atoms with Crippen LogP contribution in [0, 0.1) is 11.7 Å². The van der Waals surface area contributed by atoms with Crippen LogP contribution in [0.25, 0.3) is 16.9 Å². The average Bonchev–Trinajstić information content (AvgIpc) is 3.22. The van der Waals surface area contributed by atoms with E-state index in [1.54, 1.807) is 12.1 Å². The molecule has 1 aliphatic heterocycles. The summed E-state index contributed by atoms with van der Waals surface area (Å²) in [7, 11) is 0. The summed E-state index contributed by atoms with van der Waals surface area (Å²) >= 11 is 2.42. The van der Waals surface area contributed by atoms with Gasteiger partial charge in [0.15, 0.2) is 5.65 Å². The summed E-state index contributed by atoms with van der Waals surface area (Å²) < 4.78 is 15.6. The van der Waals surface area contributed by atoms with Gasteiger partial charge in [-0.1, -0.05) is 22.6 Å². The minimum Gasteiger partial charge on any atom is -0.352 e. The van der Waals surface area contributed by atoms with E-state index < -0.39 is 0 Å². The number of benzene rings is 1. The molecule has 0 bridgehead atoms. The molecule has 0 radical (unpaired) electrons. The Labute approximate surface area is 193 Å². The molecular weight excluding hydrogens is 512 g/mol. The fourth-order valence-electron chi connectivity index (χ4n) is 3.94. The van der Waals surface area contributed by atoms with Crippen molar-refractivity contribution in [3.8, 4) is 11.3 Å². The number of fused-ring (bicyclic) bond motifs is 1. The number of hydrogen-bond acceptors (Lipinski definition) is 4. The second-order valence-electron chi connectivity index (χ2n) is 8.03. The fourth-order valence-corrected chi connectivity index (χ4v) is 4.50. The highest BCUT2D eigenvalue weighted by atomic mass is 127. The molecule has 0 aliphatic carbocycles. The zero-order chi connectivity index (χ0) is 22.0. The largest absolute Gasteiger partial charge is 0.352 e. The predicted octanol–water partition coefficient (Wildman–Crippen LogP) is 3.09. The summed E-state index contributed by atoms with van der Waals surface area (Å²) in [6.07, 6.45) is 3.61. The molecule has 2 aromatic heterocycles. The van der Waals surface area contributed by atoms with Gasteiger partial charge in [0.05, 0.1) is 5.69 Å².